The van der Waals surface area contributed by atoms with Crippen molar-refractivity contribution in [3.63, 3.8) is 0 Å². The Hall–Kier alpha value is -3.73. The summed E-state index contributed by atoms with van der Waals surface area (Å²) in [6, 6.07) is 6.27. The molecule has 0 spiro atoms. The van der Waals surface area contributed by atoms with Crippen LogP contribution in [0.4, 0.5) is 20.7 Å². The van der Waals surface area contributed by atoms with Crippen molar-refractivity contribution in [3.05, 3.63) is 47.7 Å². The van der Waals surface area contributed by atoms with Gasteiger partial charge in [-0.25, -0.2) is 23.8 Å². The molecule has 0 radical (unpaired) electrons. The summed E-state index contributed by atoms with van der Waals surface area (Å²) in [6.45, 7) is -0.0426. The molecule has 1 aliphatic rings. The van der Waals surface area contributed by atoms with Gasteiger partial charge in [-0.1, -0.05) is 0 Å². The van der Waals surface area contributed by atoms with Gasteiger partial charge in [0, 0.05) is 0 Å². The first kappa shape index (κ1) is 20.5. The molecule has 0 bridgehead atoms. The number of nitrogens with zero attached hydrogens (tertiary/aromatic N) is 4. The number of nitrogens with one attached hydrogen (secondary N) is 1. The van der Waals surface area contributed by atoms with Gasteiger partial charge in [0.1, 0.15) is 23.7 Å². The second-order valence-electron chi connectivity index (χ2n) is 7.09. The summed E-state index contributed by atoms with van der Waals surface area (Å²) in [5.41, 5.74) is 7.88. The highest BCUT2D eigenvalue weighted by Crippen LogP contribution is 2.37. The van der Waals surface area contributed by atoms with Crippen LogP contribution in [0.1, 0.15) is 30.1 Å². The third-order valence-corrected chi connectivity index (χ3v) is 4.71. The number of aromatic nitrogens is 4. The Morgan fingerprint density at radius 1 is 1.35 bits per heavy atom. The van der Waals surface area contributed by atoms with Gasteiger partial charge in [0.05, 0.1) is 37.6 Å². The molecule has 10 nitrogen and oxygen atoms in total. The molecule has 11 heteroatoms. The van der Waals surface area contributed by atoms with Crippen LogP contribution in [0.2, 0.25) is 0 Å². The number of pyridine rings is 1. The second-order valence-corrected chi connectivity index (χ2v) is 7.09. The molecule has 2 heterocycles. The summed E-state index contributed by atoms with van der Waals surface area (Å²) in [5, 5.41) is 15.4. The molecule has 0 atom stereocenters. The number of methoxy groups -OCH3 is 1. The lowest BCUT2D eigenvalue weighted by atomic mass is 10.1. The third-order valence-electron chi connectivity index (χ3n) is 4.71. The number of hydrogen-bond acceptors (Lipinski definition) is 7. The van der Waals surface area contributed by atoms with Gasteiger partial charge in [0.15, 0.2) is 11.6 Å². The predicted molar refractivity (Wildman–Crippen MR) is 109 cm³/mol. The number of halogens is 1. The monoisotopic (exact) mass is 428 g/mol. The summed E-state index contributed by atoms with van der Waals surface area (Å²) in [4.78, 5) is 19.0. The van der Waals surface area contributed by atoms with E-state index in [0.717, 1.165) is 24.5 Å². The molecule has 2 aromatic heterocycles. The van der Waals surface area contributed by atoms with Gasteiger partial charge in [-0.3, -0.25) is 5.32 Å². The fraction of sp³-hybridized carbons (Fsp3) is 0.300. The number of carboxylic acid groups (broad SMARTS) is 1. The van der Waals surface area contributed by atoms with Crippen molar-refractivity contribution in [1.82, 2.24) is 19.7 Å². The van der Waals surface area contributed by atoms with Gasteiger partial charge in [-0.15, -0.1) is 0 Å². The van der Waals surface area contributed by atoms with E-state index in [1.54, 1.807) is 12.4 Å². The molecule has 162 valence electrons. The summed E-state index contributed by atoms with van der Waals surface area (Å²) >= 11 is 0. The minimum atomic E-state index is -1.29. The average Bonchev–Trinajstić information content (AvgIpc) is 3.46. The summed E-state index contributed by atoms with van der Waals surface area (Å²) in [6.07, 6.45) is 2.58. The Balaban J connectivity index is 1.50. The lowest BCUT2D eigenvalue weighted by Gasteiger charge is -2.12. The maximum atomic E-state index is 14.0. The molecule has 0 saturated heterocycles. The highest BCUT2D eigenvalue weighted by Gasteiger charge is 2.26. The highest BCUT2D eigenvalue weighted by molar-refractivity contribution is 5.81. The van der Waals surface area contributed by atoms with Crippen LogP contribution in [-0.2, 0) is 18.0 Å². The van der Waals surface area contributed by atoms with Crippen LogP contribution in [-0.4, -0.2) is 38.1 Å². The molecule has 1 aliphatic carbocycles. The minimum absolute atomic E-state index is 0.0146. The Bertz CT molecular complexity index is 1120. The highest BCUT2D eigenvalue weighted by atomic mass is 19.1. The number of nitrogen functional groups attached to an aromatic ring is 1. The first-order valence-corrected chi connectivity index (χ1v) is 9.55. The smallest absolute Gasteiger partial charge is 0.410 e. The summed E-state index contributed by atoms with van der Waals surface area (Å²) in [5.74, 6) is 0.386. The maximum absolute atomic E-state index is 14.0. The molecule has 0 aliphatic heterocycles. The van der Waals surface area contributed by atoms with E-state index in [0.29, 0.717) is 28.9 Å². The molecule has 4 N–H and O–H groups in total. The van der Waals surface area contributed by atoms with E-state index in [4.69, 9.17) is 20.3 Å². The SMILES string of the molecule is COc1c(N)cc(COCc2nc(NC(=O)O)ccc2F)cc1-c1ncn(C2CC2)n1. The van der Waals surface area contributed by atoms with Crippen molar-refractivity contribution in [2.75, 3.05) is 18.2 Å². The van der Waals surface area contributed by atoms with Crippen molar-refractivity contribution in [3.8, 4) is 17.1 Å². The molecule has 0 unspecified atom stereocenters. The molecule has 1 amide bonds. The standard InChI is InChI=1S/C20H21FN6O4/c1-30-18-13(19-23-10-27(26-19)12-2-3-12)6-11(7-15(18)22)8-31-9-16-14(21)4-5-17(24-16)25-20(28)29/h4-7,10,12H,2-3,8-9,22H2,1H3,(H,24,25)(H,28,29). The summed E-state index contributed by atoms with van der Waals surface area (Å²) in [7, 11) is 1.52. The number of amides is 1. The Morgan fingerprint density at radius 3 is 2.87 bits per heavy atom. The van der Waals surface area contributed by atoms with Gasteiger partial charge in [-0.2, -0.15) is 5.10 Å². The van der Waals surface area contributed by atoms with Crippen LogP contribution in [0.15, 0.2) is 30.6 Å². The van der Waals surface area contributed by atoms with Gasteiger partial charge in [-0.05, 0) is 42.7 Å². The molecule has 1 aromatic carbocycles. The lowest BCUT2D eigenvalue weighted by molar-refractivity contribution is 0.102. The molecule has 3 aromatic rings. The van der Waals surface area contributed by atoms with Crippen LogP contribution >= 0.6 is 0 Å². The van der Waals surface area contributed by atoms with E-state index < -0.39 is 11.9 Å². The molecular formula is C20H21FN6O4. The Labute approximate surface area is 176 Å². The number of benzene rings is 1. The quantitative estimate of drug-likeness (QED) is 0.465. The number of rotatable bonds is 8. The number of hydrogen-bond donors (Lipinski definition) is 3. The average molecular weight is 428 g/mol. The Morgan fingerprint density at radius 2 is 2.16 bits per heavy atom. The van der Waals surface area contributed by atoms with Crippen molar-refractivity contribution < 1.29 is 23.8 Å². The van der Waals surface area contributed by atoms with Crippen LogP contribution in [0.5, 0.6) is 5.75 Å². The summed E-state index contributed by atoms with van der Waals surface area (Å²) < 4.78 is 26.8. The van der Waals surface area contributed by atoms with E-state index in [2.05, 4.69) is 20.4 Å². The van der Waals surface area contributed by atoms with Crippen LogP contribution in [0, 0.1) is 5.82 Å². The number of carbonyl (C=O) groups is 1. The van der Waals surface area contributed by atoms with Crippen LogP contribution < -0.4 is 15.8 Å². The van der Waals surface area contributed by atoms with E-state index in [1.165, 1.54) is 13.2 Å². The predicted octanol–water partition coefficient (Wildman–Crippen LogP) is 3.21. The number of anilines is 2. The van der Waals surface area contributed by atoms with Gasteiger partial charge >= 0.3 is 6.09 Å². The van der Waals surface area contributed by atoms with Gasteiger partial charge in [0.2, 0.25) is 0 Å². The molecule has 1 saturated carbocycles. The van der Waals surface area contributed by atoms with E-state index in [-0.39, 0.29) is 24.7 Å². The number of nitrogens with two attached hydrogens (primary N) is 1. The zero-order valence-electron chi connectivity index (χ0n) is 16.7. The fourth-order valence-electron chi connectivity index (χ4n) is 3.13. The first-order chi connectivity index (χ1) is 14.9. The van der Waals surface area contributed by atoms with Crippen LogP contribution in [0.3, 0.4) is 0 Å². The van der Waals surface area contributed by atoms with Crippen molar-refractivity contribution >= 4 is 17.6 Å². The van der Waals surface area contributed by atoms with E-state index in [1.807, 2.05) is 10.7 Å². The molecular weight excluding hydrogens is 407 g/mol. The molecule has 4 rings (SSSR count). The van der Waals surface area contributed by atoms with Crippen LogP contribution in [0.25, 0.3) is 11.4 Å². The fourth-order valence-corrected chi connectivity index (χ4v) is 3.13. The molecule has 31 heavy (non-hydrogen) atoms. The minimum Gasteiger partial charge on any atom is -0.494 e. The van der Waals surface area contributed by atoms with Crippen molar-refractivity contribution in [2.45, 2.75) is 32.1 Å². The van der Waals surface area contributed by atoms with Crippen molar-refractivity contribution in [2.24, 2.45) is 0 Å². The van der Waals surface area contributed by atoms with Crippen molar-refractivity contribution in [1.29, 1.82) is 0 Å². The zero-order chi connectivity index (χ0) is 22.0. The van der Waals surface area contributed by atoms with E-state index >= 15 is 0 Å². The number of ether oxygens (including phenoxy) is 2. The third kappa shape index (κ3) is 4.72. The van der Waals surface area contributed by atoms with E-state index in [9.17, 15) is 9.18 Å². The second kappa shape index (κ2) is 8.56. The molecule has 1 fully saturated rings. The first-order valence-electron chi connectivity index (χ1n) is 9.55. The normalized spacial score (nSPS) is 13.2. The van der Waals surface area contributed by atoms with Gasteiger partial charge < -0.3 is 20.3 Å². The maximum Gasteiger partial charge on any atom is 0.410 e. The van der Waals surface area contributed by atoms with Gasteiger partial charge in [0.25, 0.3) is 0 Å². The lowest BCUT2D eigenvalue weighted by Crippen LogP contribution is -2.10. The largest absolute Gasteiger partial charge is 0.494 e. The Kier molecular flexibility index (Phi) is 5.67. The zero-order valence-corrected chi connectivity index (χ0v) is 16.7. The topological polar surface area (TPSA) is 137 Å².